The van der Waals surface area contributed by atoms with E-state index < -0.39 is 53.4 Å². The van der Waals surface area contributed by atoms with Gasteiger partial charge in [-0.3, -0.25) is 14.4 Å². The Labute approximate surface area is 210 Å². The number of aliphatic hydroxyl groups excluding tert-OH is 1. The number of carbonyl (C=O) groups is 3. The number of aryl methyl sites for hydroxylation is 1. The third-order valence-electron chi connectivity index (χ3n) is 8.14. The number of carboxylic acid groups (broad SMARTS) is 1. The minimum absolute atomic E-state index is 0.121. The summed E-state index contributed by atoms with van der Waals surface area (Å²) in [6.07, 6.45) is 2.48. The van der Waals surface area contributed by atoms with Gasteiger partial charge in [0, 0.05) is 6.54 Å². The number of para-hydroxylation sites is 1. The van der Waals surface area contributed by atoms with Gasteiger partial charge in [0.15, 0.2) is 0 Å². The molecule has 2 bridgehead atoms. The van der Waals surface area contributed by atoms with E-state index in [4.69, 9.17) is 16.3 Å². The second-order valence-corrected chi connectivity index (χ2v) is 10.3. The van der Waals surface area contributed by atoms with Crippen LogP contribution in [0.3, 0.4) is 0 Å². The highest BCUT2D eigenvalue weighted by Crippen LogP contribution is 2.59. The summed E-state index contributed by atoms with van der Waals surface area (Å²) in [6.45, 7) is 9.30. The highest BCUT2D eigenvalue weighted by atomic mass is 35.5. The number of hydrogen-bond donors (Lipinski definition) is 2. The molecular formula is C26H33ClN2O6. The molecule has 0 saturated carbocycles. The van der Waals surface area contributed by atoms with Gasteiger partial charge < -0.3 is 24.7 Å². The van der Waals surface area contributed by atoms with E-state index in [1.54, 1.807) is 18.2 Å². The van der Waals surface area contributed by atoms with Gasteiger partial charge in [-0.15, -0.1) is 6.58 Å². The number of anilines is 1. The number of likely N-dealkylation sites (tertiary alicyclic amines) is 1. The zero-order chi connectivity index (χ0) is 25.7. The number of aliphatic hydroxyl groups is 1. The van der Waals surface area contributed by atoms with Crippen molar-refractivity contribution in [3.05, 3.63) is 41.4 Å². The Kier molecular flexibility index (Phi) is 7.01. The molecule has 3 aliphatic heterocycles. The monoisotopic (exact) mass is 504 g/mol. The summed E-state index contributed by atoms with van der Waals surface area (Å²) in [5, 5.41) is 20.7. The molecule has 8 nitrogen and oxygen atoms in total. The number of carbonyl (C=O) groups excluding carboxylic acids is 2. The number of rotatable bonds is 9. The Morgan fingerprint density at radius 3 is 2.71 bits per heavy atom. The number of benzene rings is 1. The molecule has 4 rings (SSSR count). The van der Waals surface area contributed by atoms with Crippen LogP contribution in [0.25, 0.3) is 0 Å². The van der Waals surface area contributed by atoms with Gasteiger partial charge in [-0.25, -0.2) is 0 Å². The van der Waals surface area contributed by atoms with Crippen molar-refractivity contribution in [2.75, 3.05) is 18.1 Å². The largest absolute Gasteiger partial charge is 0.481 e. The van der Waals surface area contributed by atoms with E-state index in [1.807, 2.05) is 26.8 Å². The fraction of sp³-hybridized carbons (Fsp3) is 0.577. The van der Waals surface area contributed by atoms with Crippen LogP contribution in [0.4, 0.5) is 5.69 Å². The summed E-state index contributed by atoms with van der Waals surface area (Å²) in [7, 11) is 0. The van der Waals surface area contributed by atoms with E-state index >= 15 is 0 Å². The molecule has 7 atom stereocenters. The molecule has 1 aromatic carbocycles. The topological polar surface area (TPSA) is 107 Å². The number of amides is 2. The van der Waals surface area contributed by atoms with Crippen LogP contribution in [-0.2, 0) is 19.1 Å². The molecule has 3 heterocycles. The number of carboxylic acids is 1. The predicted molar refractivity (Wildman–Crippen MR) is 131 cm³/mol. The van der Waals surface area contributed by atoms with Crippen LogP contribution in [0.1, 0.15) is 38.7 Å². The van der Waals surface area contributed by atoms with Gasteiger partial charge in [0.25, 0.3) is 5.91 Å². The summed E-state index contributed by atoms with van der Waals surface area (Å²) in [5.41, 5.74) is 0.0215. The highest BCUT2D eigenvalue weighted by Gasteiger charge is 2.75. The van der Waals surface area contributed by atoms with Crippen molar-refractivity contribution in [3.63, 3.8) is 0 Å². The summed E-state index contributed by atoms with van der Waals surface area (Å²) < 4.78 is 6.29. The molecule has 0 aromatic heterocycles. The van der Waals surface area contributed by atoms with E-state index in [0.717, 1.165) is 5.56 Å². The molecule has 35 heavy (non-hydrogen) atoms. The maximum Gasteiger partial charge on any atom is 0.310 e. The minimum atomic E-state index is -1.27. The van der Waals surface area contributed by atoms with Gasteiger partial charge >= 0.3 is 5.97 Å². The van der Waals surface area contributed by atoms with Crippen LogP contribution in [0.5, 0.6) is 0 Å². The molecule has 1 spiro atoms. The lowest BCUT2D eigenvalue weighted by Crippen LogP contribution is -2.60. The van der Waals surface area contributed by atoms with Crippen molar-refractivity contribution in [3.8, 4) is 0 Å². The third kappa shape index (κ3) is 3.77. The Morgan fingerprint density at radius 2 is 2.14 bits per heavy atom. The predicted octanol–water partition coefficient (Wildman–Crippen LogP) is 3.03. The average Bonchev–Trinajstić information content (AvgIpc) is 3.46. The molecule has 1 aromatic rings. The Bertz CT molecular complexity index is 1030. The number of nitrogens with zero attached hydrogens (tertiary/aromatic N) is 2. The van der Waals surface area contributed by atoms with E-state index in [0.29, 0.717) is 30.0 Å². The zero-order valence-corrected chi connectivity index (χ0v) is 21.1. The number of ether oxygens (including phenoxy) is 1. The minimum Gasteiger partial charge on any atom is -0.481 e. The zero-order valence-electron chi connectivity index (χ0n) is 20.3. The van der Waals surface area contributed by atoms with Crippen LogP contribution in [0.2, 0.25) is 5.02 Å². The van der Waals surface area contributed by atoms with Crippen molar-refractivity contribution < 1.29 is 29.3 Å². The maximum absolute atomic E-state index is 14.4. The SMILES string of the molecule is C=CCN(C(=O)[C@@H]1N([C@@H](CO)[C@@H](C)CC)C(=O)[C@H]2[C@H](C(=O)O)[C@@H]3CC[C@]12O3)c1c(C)cccc1Cl. The summed E-state index contributed by atoms with van der Waals surface area (Å²) in [6, 6.07) is 3.59. The standard InChI is InChI=1S/C26H33ClN2O6/c1-5-12-28(21-15(4)8-7-9-16(21)27)24(32)22-26-11-10-18(35-26)19(25(33)34)20(26)23(31)29(22)17(13-30)14(3)6-2/h5,7-9,14,17-20,22,30H,1,6,10-13H2,2-4H3,(H,33,34)/t14-,17-,18-,19+,20+,22-,26+/m0/s1. The highest BCUT2D eigenvalue weighted by molar-refractivity contribution is 6.34. The molecule has 0 radical (unpaired) electrons. The molecule has 0 unspecified atom stereocenters. The lowest BCUT2D eigenvalue weighted by Gasteiger charge is -2.41. The first-order chi connectivity index (χ1) is 16.6. The van der Waals surface area contributed by atoms with Crippen molar-refractivity contribution >= 4 is 35.1 Å². The smallest absolute Gasteiger partial charge is 0.310 e. The fourth-order valence-corrected chi connectivity index (χ4v) is 6.68. The molecule has 3 fully saturated rings. The first kappa shape index (κ1) is 25.7. The number of aliphatic carboxylic acids is 1. The van der Waals surface area contributed by atoms with Crippen LogP contribution in [0, 0.1) is 24.7 Å². The second-order valence-electron chi connectivity index (χ2n) is 9.92. The molecule has 2 amide bonds. The van der Waals surface area contributed by atoms with Gasteiger partial charge in [-0.1, -0.05) is 50.1 Å². The molecule has 3 aliphatic rings. The first-order valence-corrected chi connectivity index (χ1v) is 12.5. The summed E-state index contributed by atoms with van der Waals surface area (Å²) >= 11 is 6.53. The van der Waals surface area contributed by atoms with Crippen molar-refractivity contribution in [2.24, 2.45) is 17.8 Å². The van der Waals surface area contributed by atoms with Crippen LogP contribution < -0.4 is 4.90 Å². The number of hydrogen-bond acceptors (Lipinski definition) is 5. The molecule has 2 N–H and O–H groups in total. The Balaban J connectivity index is 1.88. The number of fused-ring (bicyclic) bond motifs is 1. The molecule has 9 heteroatoms. The van der Waals surface area contributed by atoms with Gasteiger partial charge in [-0.05, 0) is 37.3 Å². The van der Waals surface area contributed by atoms with Gasteiger partial charge in [0.2, 0.25) is 5.91 Å². The number of halogens is 1. The molecular weight excluding hydrogens is 472 g/mol. The molecule has 3 saturated heterocycles. The fourth-order valence-electron chi connectivity index (χ4n) is 6.36. The van der Waals surface area contributed by atoms with Gasteiger partial charge in [0.1, 0.15) is 11.6 Å². The average molecular weight is 505 g/mol. The van der Waals surface area contributed by atoms with Crippen LogP contribution >= 0.6 is 11.6 Å². The van der Waals surface area contributed by atoms with E-state index in [-0.39, 0.29) is 19.1 Å². The quantitative estimate of drug-likeness (QED) is 0.500. The summed E-state index contributed by atoms with van der Waals surface area (Å²) in [5.74, 6) is -4.08. The van der Waals surface area contributed by atoms with E-state index in [2.05, 4.69) is 6.58 Å². The third-order valence-corrected chi connectivity index (χ3v) is 8.44. The Morgan fingerprint density at radius 1 is 1.43 bits per heavy atom. The van der Waals surface area contributed by atoms with Gasteiger partial charge in [0.05, 0.1) is 41.3 Å². The first-order valence-electron chi connectivity index (χ1n) is 12.2. The van der Waals surface area contributed by atoms with Crippen molar-refractivity contribution in [2.45, 2.75) is 63.8 Å². The normalized spacial score (nSPS) is 30.8. The summed E-state index contributed by atoms with van der Waals surface area (Å²) in [4.78, 5) is 43.5. The molecule has 190 valence electrons. The lowest BCUT2D eigenvalue weighted by molar-refractivity contribution is -0.151. The maximum atomic E-state index is 14.4. The van der Waals surface area contributed by atoms with Gasteiger partial charge in [-0.2, -0.15) is 0 Å². The van der Waals surface area contributed by atoms with Crippen LogP contribution in [0.15, 0.2) is 30.9 Å². The van der Waals surface area contributed by atoms with E-state index in [1.165, 1.54) is 9.80 Å². The lowest BCUT2D eigenvalue weighted by atomic mass is 9.70. The Hall–Kier alpha value is -2.42. The second kappa shape index (κ2) is 9.56. The van der Waals surface area contributed by atoms with E-state index in [9.17, 15) is 24.6 Å². The molecule has 0 aliphatic carbocycles. The van der Waals surface area contributed by atoms with Crippen molar-refractivity contribution in [1.29, 1.82) is 0 Å². The van der Waals surface area contributed by atoms with Crippen LogP contribution in [-0.4, -0.2) is 69.8 Å². The van der Waals surface area contributed by atoms with Crippen molar-refractivity contribution in [1.82, 2.24) is 4.90 Å².